The number of methoxy groups -OCH3 is 1. The number of benzene rings is 3. The maximum absolute atomic E-state index is 12.5. The number of ether oxygens (including phenoxy) is 3. The van der Waals surface area contributed by atoms with Crippen LogP contribution in [0.15, 0.2) is 72.8 Å². The molecule has 6 heteroatoms. The molecule has 0 fully saturated rings. The first kappa shape index (κ1) is 21.9. The Balaban J connectivity index is 1.55. The van der Waals surface area contributed by atoms with Gasteiger partial charge in [0.25, 0.3) is 5.91 Å². The molecule has 0 bridgehead atoms. The fourth-order valence-electron chi connectivity index (χ4n) is 2.86. The monoisotopic (exact) mass is 419 g/mol. The van der Waals surface area contributed by atoms with Gasteiger partial charge in [0.05, 0.1) is 18.4 Å². The van der Waals surface area contributed by atoms with Crippen molar-refractivity contribution < 1.29 is 23.8 Å². The van der Waals surface area contributed by atoms with Gasteiger partial charge in [0.1, 0.15) is 18.1 Å². The molecule has 0 aliphatic rings. The Hall–Kier alpha value is -3.80. The van der Waals surface area contributed by atoms with Gasteiger partial charge in [0.2, 0.25) is 0 Å². The van der Waals surface area contributed by atoms with Crippen LogP contribution in [0.4, 0.5) is 5.69 Å². The third kappa shape index (κ3) is 6.09. The van der Waals surface area contributed by atoms with Gasteiger partial charge in [-0.1, -0.05) is 36.4 Å². The zero-order valence-corrected chi connectivity index (χ0v) is 17.8. The number of amides is 1. The highest BCUT2D eigenvalue weighted by Crippen LogP contribution is 2.25. The summed E-state index contributed by atoms with van der Waals surface area (Å²) in [7, 11) is 1.53. The largest absolute Gasteiger partial charge is 0.495 e. The molecule has 31 heavy (non-hydrogen) atoms. The lowest BCUT2D eigenvalue weighted by Gasteiger charge is -2.16. The predicted molar refractivity (Wildman–Crippen MR) is 118 cm³/mol. The first-order valence-corrected chi connectivity index (χ1v) is 9.89. The Labute approximate surface area is 181 Å². The molecule has 1 amide bonds. The molecule has 0 spiro atoms. The van der Waals surface area contributed by atoms with Crippen LogP contribution in [0.3, 0.4) is 0 Å². The normalized spacial score (nSPS) is 11.3. The number of aryl methyl sites for hydroxylation is 1. The zero-order chi connectivity index (χ0) is 22.2. The molecule has 0 saturated heterocycles. The van der Waals surface area contributed by atoms with Gasteiger partial charge in [-0.05, 0) is 61.4 Å². The Morgan fingerprint density at radius 2 is 1.68 bits per heavy atom. The SMILES string of the molecule is COc1ccc(C)cc1NC(=O)[C@H](C)OC(=O)c1ccc(COc2ccccc2)cc1. The molecule has 0 radical (unpaired) electrons. The summed E-state index contributed by atoms with van der Waals surface area (Å²) in [6, 6.07) is 21.8. The second kappa shape index (κ2) is 10.3. The molecule has 1 atom stereocenters. The maximum atomic E-state index is 12.5. The highest BCUT2D eigenvalue weighted by atomic mass is 16.5. The quantitative estimate of drug-likeness (QED) is 0.533. The molecule has 3 rings (SSSR count). The smallest absolute Gasteiger partial charge is 0.338 e. The van der Waals surface area contributed by atoms with Crippen molar-refractivity contribution in [1.82, 2.24) is 0 Å². The topological polar surface area (TPSA) is 73.9 Å². The summed E-state index contributed by atoms with van der Waals surface area (Å²) in [6.45, 7) is 3.82. The van der Waals surface area contributed by atoms with Crippen molar-refractivity contribution in [3.63, 3.8) is 0 Å². The molecule has 0 aliphatic carbocycles. The molecule has 0 aliphatic heterocycles. The van der Waals surface area contributed by atoms with E-state index in [0.717, 1.165) is 16.9 Å². The molecule has 6 nitrogen and oxygen atoms in total. The zero-order valence-electron chi connectivity index (χ0n) is 17.8. The van der Waals surface area contributed by atoms with Crippen molar-refractivity contribution in [2.24, 2.45) is 0 Å². The van der Waals surface area contributed by atoms with Crippen LogP contribution >= 0.6 is 0 Å². The molecular formula is C25H25NO5. The van der Waals surface area contributed by atoms with E-state index in [1.165, 1.54) is 14.0 Å². The number of carbonyl (C=O) groups excluding carboxylic acids is 2. The summed E-state index contributed by atoms with van der Waals surface area (Å²) >= 11 is 0. The summed E-state index contributed by atoms with van der Waals surface area (Å²) in [6.07, 6.45) is -0.973. The molecule has 3 aromatic rings. The Kier molecular flexibility index (Phi) is 7.27. The van der Waals surface area contributed by atoms with E-state index >= 15 is 0 Å². The van der Waals surface area contributed by atoms with E-state index in [1.807, 2.05) is 43.3 Å². The van der Waals surface area contributed by atoms with E-state index in [9.17, 15) is 9.59 Å². The average Bonchev–Trinajstić information content (AvgIpc) is 2.78. The van der Waals surface area contributed by atoms with Crippen molar-refractivity contribution in [3.05, 3.63) is 89.5 Å². The highest BCUT2D eigenvalue weighted by molar-refractivity contribution is 5.98. The lowest BCUT2D eigenvalue weighted by atomic mass is 10.1. The predicted octanol–water partition coefficient (Wildman–Crippen LogP) is 4.77. The minimum Gasteiger partial charge on any atom is -0.495 e. The molecule has 0 saturated carbocycles. The van der Waals surface area contributed by atoms with Gasteiger partial charge >= 0.3 is 5.97 Å². The number of nitrogens with one attached hydrogen (secondary N) is 1. The van der Waals surface area contributed by atoms with Gasteiger partial charge in [-0.3, -0.25) is 4.79 Å². The fraction of sp³-hybridized carbons (Fsp3) is 0.200. The van der Waals surface area contributed by atoms with Crippen LogP contribution in [-0.4, -0.2) is 25.1 Å². The van der Waals surface area contributed by atoms with Crippen LogP contribution in [0.2, 0.25) is 0 Å². The van der Waals surface area contributed by atoms with Gasteiger partial charge in [-0.15, -0.1) is 0 Å². The Bertz CT molecular complexity index is 1030. The van der Waals surface area contributed by atoms with E-state index < -0.39 is 18.0 Å². The summed E-state index contributed by atoms with van der Waals surface area (Å²) in [5.41, 5.74) is 2.77. The minimum atomic E-state index is -0.973. The first-order chi connectivity index (χ1) is 15.0. The third-order valence-corrected chi connectivity index (χ3v) is 4.60. The van der Waals surface area contributed by atoms with Gasteiger partial charge in [-0.2, -0.15) is 0 Å². The van der Waals surface area contributed by atoms with Crippen molar-refractivity contribution in [1.29, 1.82) is 0 Å². The Morgan fingerprint density at radius 3 is 2.35 bits per heavy atom. The molecular weight excluding hydrogens is 394 g/mol. The van der Waals surface area contributed by atoms with Crippen molar-refractivity contribution >= 4 is 17.6 Å². The average molecular weight is 419 g/mol. The minimum absolute atomic E-state index is 0.358. The van der Waals surface area contributed by atoms with Crippen molar-refractivity contribution in [2.45, 2.75) is 26.6 Å². The Morgan fingerprint density at radius 1 is 0.968 bits per heavy atom. The molecule has 1 N–H and O–H groups in total. The summed E-state index contributed by atoms with van der Waals surface area (Å²) < 4.78 is 16.3. The van der Waals surface area contributed by atoms with Crippen LogP contribution in [0.1, 0.15) is 28.4 Å². The lowest BCUT2D eigenvalue weighted by molar-refractivity contribution is -0.123. The number of hydrogen-bond donors (Lipinski definition) is 1. The van der Waals surface area contributed by atoms with Gasteiger partial charge in [0.15, 0.2) is 6.10 Å². The molecule has 160 valence electrons. The molecule has 0 heterocycles. The molecule has 0 unspecified atom stereocenters. The standard InChI is InChI=1S/C25H25NO5/c1-17-9-14-23(29-3)22(15-17)26-24(27)18(2)31-25(28)20-12-10-19(11-13-20)16-30-21-7-5-4-6-8-21/h4-15,18H,16H2,1-3H3,(H,26,27)/t18-/m0/s1. The van der Waals surface area contributed by atoms with Crippen LogP contribution in [0, 0.1) is 6.92 Å². The second-order valence-electron chi connectivity index (χ2n) is 7.04. The van der Waals surface area contributed by atoms with Gasteiger partial charge in [-0.25, -0.2) is 4.79 Å². The third-order valence-electron chi connectivity index (χ3n) is 4.60. The van der Waals surface area contributed by atoms with Crippen LogP contribution in [-0.2, 0) is 16.1 Å². The van der Waals surface area contributed by atoms with Crippen molar-refractivity contribution in [3.8, 4) is 11.5 Å². The second-order valence-corrected chi connectivity index (χ2v) is 7.04. The van der Waals surface area contributed by atoms with E-state index in [1.54, 1.807) is 36.4 Å². The number of anilines is 1. The number of esters is 1. The van der Waals surface area contributed by atoms with Gasteiger partial charge in [0, 0.05) is 0 Å². The first-order valence-electron chi connectivity index (χ1n) is 9.89. The van der Waals surface area contributed by atoms with E-state index in [-0.39, 0.29) is 0 Å². The van der Waals surface area contributed by atoms with E-state index in [2.05, 4.69) is 5.32 Å². The number of carbonyl (C=O) groups is 2. The number of para-hydroxylation sites is 1. The maximum Gasteiger partial charge on any atom is 0.338 e. The molecule has 3 aromatic carbocycles. The van der Waals surface area contributed by atoms with Crippen LogP contribution in [0.25, 0.3) is 0 Å². The summed E-state index contributed by atoms with van der Waals surface area (Å²) in [5, 5.41) is 2.74. The van der Waals surface area contributed by atoms with Crippen LogP contribution in [0.5, 0.6) is 11.5 Å². The fourth-order valence-corrected chi connectivity index (χ4v) is 2.86. The van der Waals surface area contributed by atoms with Crippen LogP contribution < -0.4 is 14.8 Å². The van der Waals surface area contributed by atoms with E-state index in [0.29, 0.717) is 23.6 Å². The lowest BCUT2D eigenvalue weighted by Crippen LogP contribution is -2.30. The number of rotatable bonds is 8. The van der Waals surface area contributed by atoms with Crippen molar-refractivity contribution in [2.75, 3.05) is 12.4 Å². The summed E-state index contributed by atoms with van der Waals surface area (Å²) in [4.78, 5) is 24.9. The highest BCUT2D eigenvalue weighted by Gasteiger charge is 2.20. The summed E-state index contributed by atoms with van der Waals surface area (Å²) in [5.74, 6) is 0.293. The van der Waals surface area contributed by atoms with Gasteiger partial charge < -0.3 is 19.5 Å². The van der Waals surface area contributed by atoms with E-state index in [4.69, 9.17) is 14.2 Å². The molecule has 0 aromatic heterocycles. The number of hydrogen-bond acceptors (Lipinski definition) is 5.